The van der Waals surface area contributed by atoms with Gasteiger partial charge in [0.15, 0.2) is 0 Å². The van der Waals surface area contributed by atoms with E-state index >= 15 is 0 Å². The van der Waals surface area contributed by atoms with Crippen LogP contribution in [-0.4, -0.2) is 45.5 Å². The fourth-order valence-corrected chi connectivity index (χ4v) is 4.79. The minimum absolute atomic E-state index is 0.0613. The normalized spacial score (nSPS) is 15.9. The molecule has 26 heavy (non-hydrogen) atoms. The summed E-state index contributed by atoms with van der Waals surface area (Å²) < 4.78 is 46.9. The van der Waals surface area contributed by atoms with E-state index in [0.717, 1.165) is 0 Å². The van der Waals surface area contributed by atoms with E-state index in [0.29, 0.717) is 30.4 Å². The van der Waals surface area contributed by atoms with Crippen molar-refractivity contribution in [2.45, 2.75) is 11.8 Å². The molecule has 1 aliphatic rings. The van der Waals surface area contributed by atoms with Gasteiger partial charge in [-0.25, -0.2) is 12.8 Å². The average molecular weight is 399 g/mol. The predicted molar refractivity (Wildman–Crippen MR) is 100.0 cm³/mol. The highest BCUT2D eigenvalue weighted by Crippen LogP contribution is 2.31. The summed E-state index contributed by atoms with van der Waals surface area (Å²) >= 11 is 5.99. The van der Waals surface area contributed by atoms with Gasteiger partial charge in [0.05, 0.1) is 12.3 Å². The fourth-order valence-electron chi connectivity index (χ4n) is 2.97. The standard InChI is InChI=1S/C18H20ClFN2O3S/c1-2-25-17-8-7-14(19)13-18(17)26(23,24)22-11-9-21(10-12-22)16-6-4-3-5-15(16)20/h3-8,13H,2,9-12H2,1H3. The summed E-state index contributed by atoms with van der Waals surface area (Å²) in [5.74, 6) is -0.0225. The van der Waals surface area contributed by atoms with Gasteiger partial charge in [0.25, 0.3) is 0 Å². The van der Waals surface area contributed by atoms with E-state index < -0.39 is 10.0 Å². The summed E-state index contributed by atoms with van der Waals surface area (Å²) in [7, 11) is -3.75. The van der Waals surface area contributed by atoms with Crippen LogP contribution in [0.1, 0.15) is 6.92 Å². The molecule has 2 aromatic rings. The molecule has 3 rings (SSSR count). The van der Waals surface area contributed by atoms with Gasteiger partial charge in [-0.2, -0.15) is 4.31 Å². The zero-order chi connectivity index (χ0) is 18.7. The maximum Gasteiger partial charge on any atom is 0.246 e. The lowest BCUT2D eigenvalue weighted by molar-refractivity contribution is 0.327. The lowest BCUT2D eigenvalue weighted by Crippen LogP contribution is -2.49. The molecule has 0 spiro atoms. The summed E-state index contributed by atoms with van der Waals surface area (Å²) in [6, 6.07) is 11.1. The topological polar surface area (TPSA) is 49.9 Å². The van der Waals surface area contributed by atoms with Gasteiger partial charge in [-0.1, -0.05) is 23.7 Å². The van der Waals surface area contributed by atoms with Gasteiger partial charge < -0.3 is 9.64 Å². The summed E-state index contributed by atoms with van der Waals surface area (Å²) in [6.07, 6.45) is 0. The second-order valence-corrected chi connectivity index (χ2v) is 8.21. The van der Waals surface area contributed by atoms with Gasteiger partial charge in [-0.15, -0.1) is 0 Å². The zero-order valence-electron chi connectivity index (χ0n) is 14.4. The molecule has 1 aliphatic heterocycles. The monoisotopic (exact) mass is 398 g/mol. The van der Waals surface area contributed by atoms with Crippen molar-refractivity contribution >= 4 is 27.3 Å². The van der Waals surface area contributed by atoms with Crippen LogP contribution in [0.4, 0.5) is 10.1 Å². The predicted octanol–water partition coefficient (Wildman–Crippen LogP) is 3.39. The van der Waals surface area contributed by atoms with Crippen molar-refractivity contribution in [3.8, 4) is 5.75 Å². The number of benzene rings is 2. The highest BCUT2D eigenvalue weighted by atomic mass is 35.5. The van der Waals surface area contributed by atoms with E-state index in [1.807, 2.05) is 4.90 Å². The number of hydrogen-bond acceptors (Lipinski definition) is 4. The molecule has 8 heteroatoms. The maximum absolute atomic E-state index is 13.9. The molecule has 0 saturated carbocycles. The molecule has 0 unspecified atom stereocenters. The first-order valence-electron chi connectivity index (χ1n) is 8.35. The quantitative estimate of drug-likeness (QED) is 0.774. The molecule has 1 saturated heterocycles. The first-order chi connectivity index (χ1) is 12.4. The van der Waals surface area contributed by atoms with Crippen molar-refractivity contribution in [2.24, 2.45) is 0 Å². The molecule has 0 atom stereocenters. The number of para-hydroxylation sites is 1. The van der Waals surface area contributed by atoms with Gasteiger partial charge in [0.1, 0.15) is 16.5 Å². The number of ether oxygens (including phenoxy) is 1. The first-order valence-corrected chi connectivity index (χ1v) is 10.2. The van der Waals surface area contributed by atoms with E-state index in [4.69, 9.17) is 16.3 Å². The Hall–Kier alpha value is -1.83. The Morgan fingerprint density at radius 2 is 1.81 bits per heavy atom. The van der Waals surface area contributed by atoms with Crippen LogP contribution in [-0.2, 0) is 10.0 Å². The second-order valence-electron chi connectivity index (χ2n) is 5.87. The van der Waals surface area contributed by atoms with Crippen LogP contribution in [0.2, 0.25) is 5.02 Å². The summed E-state index contributed by atoms with van der Waals surface area (Å²) in [6.45, 7) is 3.47. The van der Waals surface area contributed by atoms with E-state index in [2.05, 4.69) is 0 Å². The third-order valence-corrected chi connectivity index (χ3v) is 6.41. The second kappa shape index (κ2) is 7.82. The minimum atomic E-state index is -3.75. The van der Waals surface area contributed by atoms with Crippen LogP contribution in [0.3, 0.4) is 0 Å². The third-order valence-electron chi connectivity index (χ3n) is 4.26. The molecule has 2 aromatic carbocycles. The fraction of sp³-hybridized carbons (Fsp3) is 0.333. The molecular formula is C18H20ClFN2O3S. The maximum atomic E-state index is 13.9. The highest BCUT2D eigenvalue weighted by Gasteiger charge is 2.31. The zero-order valence-corrected chi connectivity index (χ0v) is 15.9. The lowest BCUT2D eigenvalue weighted by Gasteiger charge is -2.35. The Labute approximate surface area is 158 Å². The molecule has 5 nitrogen and oxygen atoms in total. The average Bonchev–Trinajstić information content (AvgIpc) is 2.64. The molecule has 1 fully saturated rings. The van der Waals surface area contributed by atoms with Crippen LogP contribution in [0.25, 0.3) is 0 Å². The minimum Gasteiger partial charge on any atom is -0.492 e. The molecule has 140 valence electrons. The Morgan fingerprint density at radius 1 is 1.12 bits per heavy atom. The Kier molecular flexibility index (Phi) is 5.70. The SMILES string of the molecule is CCOc1ccc(Cl)cc1S(=O)(=O)N1CCN(c2ccccc2F)CC1. The molecule has 0 bridgehead atoms. The van der Waals surface area contributed by atoms with Crippen molar-refractivity contribution in [3.05, 3.63) is 53.3 Å². The van der Waals surface area contributed by atoms with Crippen LogP contribution >= 0.6 is 11.6 Å². The van der Waals surface area contributed by atoms with Crippen molar-refractivity contribution in [1.29, 1.82) is 0 Å². The van der Waals surface area contributed by atoms with E-state index in [1.54, 1.807) is 37.3 Å². The molecule has 0 radical (unpaired) electrons. The number of sulfonamides is 1. The Bertz CT molecular complexity index is 884. The molecule has 1 heterocycles. The van der Waals surface area contributed by atoms with Gasteiger partial charge in [-0.05, 0) is 37.3 Å². The number of hydrogen-bond donors (Lipinski definition) is 0. The molecule has 0 amide bonds. The number of anilines is 1. The Morgan fingerprint density at radius 3 is 2.46 bits per heavy atom. The molecule has 0 aromatic heterocycles. The first kappa shape index (κ1) is 18.9. The molecule has 0 aliphatic carbocycles. The van der Waals surface area contributed by atoms with Gasteiger partial charge in [0.2, 0.25) is 10.0 Å². The number of nitrogens with zero attached hydrogens (tertiary/aromatic N) is 2. The number of piperazine rings is 1. The van der Waals surface area contributed by atoms with E-state index in [1.165, 1.54) is 16.4 Å². The summed E-state index contributed by atoms with van der Waals surface area (Å²) in [4.78, 5) is 1.91. The number of rotatable bonds is 5. The Balaban J connectivity index is 1.81. The van der Waals surface area contributed by atoms with Crippen molar-refractivity contribution in [1.82, 2.24) is 4.31 Å². The summed E-state index contributed by atoms with van der Waals surface area (Å²) in [5, 5.41) is 0.331. The van der Waals surface area contributed by atoms with E-state index in [-0.39, 0.29) is 29.6 Å². The van der Waals surface area contributed by atoms with Gasteiger partial charge in [0, 0.05) is 31.2 Å². The van der Waals surface area contributed by atoms with Crippen LogP contribution in [0.5, 0.6) is 5.75 Å². The molecule has 0 N–H and O–H groups in total. The molecular weight excluding hydrogens is 379 g/mol. The third kappa shape index (κ3) is 3.79. The number of halogens is 2. The smallest absolute Gasteiger partial charge is 0.246 e. The van der Waals surface area contributed by atoms with Crippen molar-refractivity contribution < 1.29 is 17.5 Å². The van der Waals surface area contributed by atoms with E-state index in [9.17, 15) is 12.8 Å². The highest BCUT2D eigenvalue weighted by molar-refractivity contribution is 7.89. The van der Waals surface area contributed by atoms with Crippen LogP contribution < -0.4 is 9.64 Å². The van der Waals surface area contributed by atoms with Crippen molar-refractivity contribution in [2.75, 3.05) is 37.7 Å². The van der Waals surface area contributed by atoms with Crippen LogP contribution in [0.15, 0.2) is 47.4 Å². The van der Waals surface area contributed by atoms with Gasteiger partial charge in [-0.3, -0.25) is 0 Å². The van der Waals surface area contributed by atoms with Crippen LogP contribution in [0, 0.1) is 5.82 Å². The lowest BCUT2D eigenvalue weighted by atomic mass is 10.2. The van der Waals surface area contributed by atoms with Crippen molar-refractivity contribution in [3.63, 3.8) is 0 Å². The van der Waals surface area contributed by atoms with Gasteiger partial charge >= 0.3 is 0 Å². The largest absolute Gasteiger partial charge is 0.492 e. The summed E-state index contributed by atoms with van der Waals surface area (Å²) in [5.41, 5.74) is 0.488.